The molecule has 0 spiro atoms. The fourth-order valence-corrected chi connectivity index (χ4v) is 2.72. The monoisotopic (exact) mass is 320 g/mol. The van der Waals surface area contributed by atoms with Crippen LogP contribution in [0.5, 0.6) is 17.2 Å². The minimum absolute atomic E-state index is 0.473. The molecule has 1 aromatic carbocycles. The summed E-state index contributed by atoms with van der Waals surface area (Å²) >= 11 is 1.68. The van der Waals surface area contributed by atoms with Gasteiger partial charge in [-0.3, -0.25) is 0 Å². The average Bonchev–Trinajstić information content (AvgIpc) is 2.53. The highest BCUT2D eigenvalue weighted by Crippen LogP contribution is 2.40. The van der Waals surface area contributed by atoms with Gasteiger partial charge in [-0.25, -0.2) is 0 Å². The maximum Gasteiger partial charge on any atom is 0.203 e. The molecule has 1 heterocycles. The van der Waals surface area contributed by atoms with Crippen LogP contribution in [0.2, 0.25) is 0 Å². The quantitative estimate of drug-likeness (QED) is 0.757. The highest BCUT2D eigenvalue weighted by Gasteiger charge is 2.15. The van der Waals surface area contributed by atoms with Crippen molar-refractivity contribution in [1.29, 1.82) is 0 Å². The predicted octanol–water partition coefficient (Wildman–Crippen LogP) is 3.67. The van der Waals surface area contributed by atoms with Crippen molar-refractivity contribution in [3.8, 4) is 28.5 Å². The Morgan fingerprint density at radius 3 is 1.95 bits per heavy atom. The first-order chi connectivity index (χ1) is 10.6. The second kappa shape index (κ2) is 7.35. The summed E-state index contributed by atoms with van der Waals surface area (Å²) in [5.74, 6) is 1.76. The van der Waals surface area contributed by atoms with Crippen molar-refractivity contribution in [3.05, 3.63) is 24.3 Å². The summed E-state index contributed by atoms with van der Waals surface area (Å²) in [7, 11) is 4.77. The summed E-state index contributed by atoms with van der Waals surface area (Å²) in [6, 6.07) is 7.63. The van der Waals surface area contributed by atoms with Crippen LogP contribution in [0.25, 0.3) is 11.3 Å². The van der Waals surface area contributed by atoms with Gasteiger partial charge >= 0.3 is 0 Å². The second-order valence-electron chi connectivity index (χ2n) is 4.84. The average molecular weight is 320 g/mol. The van der Waals surface area contributed by atoms with Crippen molar-refractivity contribution in [2.24, 2.45) is 0 Å². The van der Waals surface area contributed by atoms with Crippen LogP contribution in [0.3, 0.4) is 0 Å². The van der Waals surface area contributed by atoms with Crippen LogP contribution in [0.15, 0.2) is 29.3 Å². The molecular formula is C16H20N2O3S. The van der Waals surface area contributed by atoms with Gasteiger partial charge in [0.15, 0.2) is 11.5 Å². The molecule has 5 nitrogen and oxygen atoms in total. The molecular weight excluding hydrogens is 300 g/mol. The number of nitrogens with zero attached hydrogens (tertiary/aromatic N) is 2. The molecule has 22 heavy (non-hydrogen) atoms. The van der Waals surface area contributed by atoms with E-state index in [0.717, 1.165) is 16.3 Å². The fourth-order valence-electron chi connectivity index (χ4n) is 2.01. The summed E-state index contributed by atoms with van der Waals surface area (Å²) in [5.41, 5.74) is 1.62. The summed E-state index contributed by atoms with van der Waals surface area (Å²) in [6.45, 7) is 4.25. The third kappa shape index (κ3) is 3.62. The zero-order chi connectivity index (χ0) is 16.1. The van der Waals surface area contributed by atoms with Crippen LogP contribution in [0, 0.1) is 0 Å². The van der Waals surface area contributed by atoms with Gasteiger partial charge in [-0.05, 0) is 24.3 Å². The number of benzene rings is 1. The molecule has 0 aliphatic rings. The molecule has 118 valence electrons. The topological polar surface area (TPSA) is 53.5 Å². The number of methoxy groups -OCH3 is 3. The minimum atomic E-state index is 0.473. The van der Waals surface area contributed by atoms with Crippen LogP contribution in [0.4, 0.5) is 0 Å². The first-order valence-electron chi connectivity index (χ1n) is 6.89. The third-order valence-electron chi connectivity index (χ3n) is 2.96. The lowest BCUT2D eigenvalue weighted by Crippen LogP contribution is -1.97. The van der Waals surface area contributed by atoms with Crippen molar-refractivity contribution < 1.29 is 14.2 Å². The Morgan fingerprint density at radius 2 is 1.55 bits per heavy atom. The molecule has 2 rings (SSSR count). The van der Waals surface area contributed by atoms with Crippen molar-refractivity contribution >= 4 is 11.8 Å². The number of aromatic nitrogens is 2. The van der Waals surface area contributed by atoms with Crippen molar-refractivity contribution in [2.45, 2.75) is 24.1 Å². The van der Waals surface area contributed by atoms with E-state index in [-0.39, 0.29) is 0 Å². The molecule has 2 aromatic rings. The van der Waals surface area contributed by atoms with Crippen LogP contribution < -0.4 is 14.2 Å². The minimum Gasteiger partial charge on any atom is -0.493 e. The van der Waals surface area contributed by atoms with Gasteiger partial charge < -0.3 is 14.2 Å². The standard InChI is InChI=1S/C16H20N2O3S/c1-10(2)22-15-7-6-12(17-18-15)11-8-13(19-3)16(21-5)14(9-11)20-4/h6-10H,1-5H3. The van der Waals surface area contributed by atoms with Gasteiger partial charge in [0.25, 0.3) is 0 Å². The van der Waals surface area contributed by atoms with Crippen LogP contribution in [0.1, 0.15) is 13.8 Å². The van der Waals surface area contributed by atoms with Gasteiger partial charge in [0.2, 0.25) is 5.75 Å². The van der Waals surface area contributed by atoms with Gasteiger partial charge in [-0.15, -0.1) is 22.0 Å². The molecule has 0 aliphatic carbocycles. The normalized spacial score (nSPS) is 10.6. The lowest BCUT2D eigenvalue weighted by molar-refractivity contribution is 0.324. The molecule has 0 radical (unpaired) electrons. The van der Waals surface area contributed by atoms with E-state index in [1.807, 2.05) is 24.3 Å². The largest absolute Gasteiger partial charge is 0.493 e. The fraction of sp³-hybridized carbons (Fsp3) is 0.375. The molecule has 0 aliphatic heterocycles. The first-order valence-corrected chi connectivity index (χ1v) is 7.77. The van der Waals surface area contributed by atoms with Gasteiger partial charge in [0.1, 0.15) is 5.03 Å². The Hall–Kier alpha value is -1.95. The van der Waals surface area contributed by atoms with E-state index in [9.17, 15) is 0 Å². The Bertz CT molecular complexity index is 605. The summed E-state index contributed by atoms with van der Waals surface area (Å²) in [5, 5.41) is 9.92. The summed E-state index contributed by atoms with van der Waals surface area (Å²) in [6.07, 6.45) is 0. The number of hydrogen-bond acceptors (Lipinski definition) is 6. The van der Waals surface area contributed by atoms with E-state index in [1.54, 1.807) is 33.1 Å². The zero-order valence-corrected chi connectivity index (χ0v) is 14.2. The van der Waals surface area contributed by atoms with Crippen LogP contribution in [-0.2, 0) is 0 Å². The van der Waals surface area contributed by atoms with Gasteiger partial charge in [0.05, 0.1) is 27.0 Å². The number of hydrogen-bond donors (Lipinski definition) is 0. The Labute approximate surface area is 135 Å². The molecule has 1 aromatic heterocycles. The molecule has 0 amide bonds. The van der Waals surface area contributed by atoms with E-state index < -0.39 is 0 Å². The van der Waals surface area contributed by atoms with E-state index in [0.29, 0.717) is 22.5 Å². The van der Waals surface area contributed by atoms with E-state index >= 15 is 0 Å². The predicted molar refractivity (Wildman–Crippen MR) is 88.1 cm³/mol. The maximum atomic E-state index is 5.36. The highest BCUT2D eigenvalue weighted by atomic mass is 32.2. The van der Waals surface area contributed by atoms with E-state index in [4.69, 9.17) is 14.2 Å². The van der Waals surface area contributed by atoms with Gasteiger partial charge in [-0.2, -0.15) is 0 Å². The second-order valence-corrected chi connectivity index (χ2v) is 6.43. The zero-order valence-electron chi connectivity index (χ0n) is 13.4. The molecule has 0 saturated heterocycles. The summed E-state index contributed by atoms with van der Waals surface area (Å²) in [4.78, 5) is 0. The molecule has 0 bridgehead atoms. The molecule has 0 fully saturated rings. The summed E-state index contributed by atoms with van der Waals surface area (Å²) < 4.78 is 16.0. The smallest absolute Gasteiger partial charge is 0.203 e. The lowest BCUT2D eigenvalue weighted by atomic mass is 10.1. The molecule has 0 saturated carbocycles. The number of thioether (sulfide) groups is 1. The maximum absolute atomic E-state index is 5.36. The van der Waals surface area contributed by atoms with Gasteiger partial charge in [-0.1, -0.05) is 13.8 Å². The van der Waals surface area contributed by atoms with Crippen molar-refractivity contribution in [2.75, 3.05) is 21.3 Å². The molecule has 0 atom stereocenters. The molecule has 0 unspecified atom stereocenters. The van der Waals surface area contributed by atoms with Crippen LogP contribution in [-0.4, -0.2) is 36.8 Å². The van der Waals surface area contributed by atoms with Crippen molar-refractivity contribution in [1.82, 2.24) is 10.2 Å². The lowest BCUT2D eigenvalue weighted by Gasteiger charge is -2.13. The Morgan fingerprint density at radius 1 is 0.909 bits per heavy atom. The highest BCUT2D eigenvalue weighted by molar-refractivity contribution is 7.99. The van der Waals surface area contributed by atoms with Gasteiger partial charge in [0, 0.05) is 10.8 Å². The van der Waals surface area contributed by atoms with E-state index in [1.165, 1.54) is 0 Å². The SMILES string of the molecule is COc1cc(-c2ccc(SC(C)C)nn2)cc(OC)c1OC. The third-order valence-corrected chi connectivity index (χ3v) is 3.89. The Kier molecular flexibility index (Phi) is 5.49. The number of rotatable bonds is 6. The molecule has 6 heteroatoms. The van der Waals surface area contributed by atoms with Crippen LogP contribution >= 0.6 is 11.8 Å². The first kappa shape index (κ1) is 16.4. The van der Waals surface area contributed by atoms with E-state index in [2.05, 4.69) is 24.0 Å². The molecule has 0 N–H and O–H groups in total. The van der Waals surface area contributed by atoms with Crippen molar-refractivity contribution in [3.63, 3.8) is 0 Å². The Balaban J connectivity index is 2.39. The number of ether oxygens (including phenoxy) is 3.